The first-order valence-electron chi connectivity index (χ1n) is 11.4. The minimum Gasteiger partial charge on any atom is -0.480 e. The summed E-state index contributed by atoms with van der Waals surface area (Å²) in [5.74, 6) is -1.24. The van der Waals surface area contributed by atoms with Crippen LogP contribution in [0, 0.1) is 18.7 Å². The Morgan fingerprint density at radius 1 is 1.18 bits per heavy atom. The number of hydrogen-bond acceptors (Lipinski definition) is 4. The topological polar surface area (TPSA) is 70.1 Å². The number of carbonyl (C=O) groups is 2. The van der Waals surface area contributed by atoms with Gasteiger partial charge >= 0.3 is 5.97 Å². The van der Waals surface area contributed by atoms with E-state index in [-0.39, 0.29) is 35.8 Å². The third kappa shape index (κ3) is 5.19. The fourth-order valence-electron chi connectivity index (χ4n) is 5.69. The number of aliphatic carboxylic acids is 1. The number of amides is 1. The molecule has 2 aromatic rings. The van der Waals surface area contributed by atoms with Gasteiger partial charge in [0.15, 0.2) is 0 Å². The van der Waals surface area contributed by atoms with Crippen molar-refractivity contribution >= 4 is 17.6 Å². The van der Waals surface area contributed by atoms with Gasteiger partial charge in [0.2, 0.25) is 5.91 Å². The lowest BCUT2D eigenvalue weighted by Gasteiger charge is -2.43. The average Bonchev–Trinajstić information content (AvgIpc) is 3.04. The predicted octanol–water partition coefficient (Wildman–Crippen LogP) is 3.66. The minimum atomic E-state index is -1.08. The highest BCUT2D eigenvalue weighted by atomic mass is 19.1. The molecule has 0 unspecified atom stereocenters. The Morgan fingerprint density at radius 3 is 2.64 bits per heavy atom. The summed E-state index contributed by atoms with van der Waals surface area (Å²) in [5, 5.41) is 8.73. The molecule has 0 radical (unpaired) electrons. The second-order valence-electron chi connectivity index (χ2n) is 9.56. The van der Waals surface area contributed by atoms with Gasteiger partial charge in [0, 0.05) is 30.4 Å². The number of fused-ring (bicyclic) bond motifs is 1. The van der Waals surface area contributed by atoms with Crippen molar-refractivity contribution in [2.24, 2.45) is 5.92 Å². The van der Waals surface area contributed by atoms with Crippen LogP contribution in [-0.4, -0.2) is 59.8 Å². The lowest BCUT2D eigenvalue weighted by molar-refractivity contribution is -0.146. The van der Waals surface area contributed by atoms with Crippen molar-refractivity contribution in [3.05, 3.63) is 65.5 Å². The fourth-order valence-corrected chi connectivity index (χ4v) is 5.69. The van der Waals surface area contributed by atoms with Crippen molar-refractivity contribution in [1.82, 2.24) is 4.90 Å². The molecule has 1 amide bonds. The molecule has 1 N–H and O–H groups in total. The largest absolute Gasteiger partial charge is 0.480 e. The molecule has 2 aromatic carbocycles. The number of nitrogens with zero attached hydrogens (tertiary/aromatic N) is 2. The number of piperidine rings is 1. The second kappa shape index (κ2) is 9.51. The maximum atomic E-state index is 13.7. The van der Waals surface area contributed by atoms with Crippen molar-refractivity contribution in [2.45, 2.75) is 44.7 Å². The predicted molar refractivity (Wildman–Crippen MR) is 124 cm³/mol. The van der Waals surface area contributed by atoms with E-state index in [1.807, 2.05) is 12.1 Å². The van der Waals surface area contributed by atoms with Crippen LogP contribution in [0.15, 0.2) is 48.5 Å². The Hall–Kier alpha value is -2.93. The second-order valence-corrected chi connectivity index (χ2v) is 9.56. The zero-order chi connectivity index (χ0) is 23.6. The Kier molecular flexibility index (Phi) is 6.70. The number of hydrogen-bond donors (Lipinski definition) is 1. The van der Waals surface area contributed by atoms with E-state index in [1.165, 1.54) is 23.3 Å². The SMILES string of the molecule is Cc1cccc(C[C@]2(C)C[C@@H]3CN(C(=O)COCC(=O)O)CC[C@@H]3N2c2ccc(F)cc2)c1. The summed E-state index contributed by atoms with van der Waals surface area (Å²) >= 11 is 0. The van der Waals surface area contributed by atoms with E-state index in [4.69, 9.17) is 9.84 Å². The number of aryl methyl sites for hydroxylation is 1. The first-order chi connectivity index (χ1) is 15.7. The average molecular weight is 455 g/mol. The molecule has 176 valence electrons. The number of rotatable bonds is 7. The highest BCUT2D eigenvalue weighted by Gasteiger charge is 2.50. The third-order valence-electron chi connectivity index (χ3n) is 6.89. The van der Waals surface area contributed by atoms with Crippen molar-refractivity contribution in [3.63, 3.8) is 0 Å². The summed E-state index contributed by atoms with van der Waals surface area (Å²) in [7, 11) is 0. The molecule has 0 aromatic heterocycles. The molecule has 2 aliphatic rings. The highest BCUT2D eigenvalue weighted by Crippen LogP contribution is 2.46. The van der Waals surface area contributed by atoms with Gasteiger partial charge in [-0.2, -0.15) is 0 Å². The summed E-state index contributed by atoms with van der Waals surface area (Å²) in [4.78, 5) is 27.5. The molecule has 0 saturated carbocycles. The monoisotopic (exact) mass is 454 g/mol. The zero-order valence-corrected chi connectivity index (χ0v) is 19.2. The van der Waals surface area contributed by atoms with Crippen molar-refractivity contribution in [1.29, 1.82) is 0 Å². The lowest BCUT2D eigenvalue weighted by atomic mass is 9.85. The van der Waals surface area contributed by atoms with Crippen molar-refractivity contribution in [2.75, 3.05) is 31.2 Å². The van der Waals surface area contributed by atoms with Crippen molar-refractivity contribution in [3.8, 4) is 0 Å². The number of ether oxygens (including phenoxy) is 1. The van der Waals surface area contributed by atoms with Crippen LogP contribution in [0.1, 0.15) is 30.9 Å². The molecular formula is C26H31FN2O4. The molecule has 0 aliphatic carbocycles. The molecule has 0 bridgehead atoms. The number of carboxylic acid groups (broad SMARTS) is 1. The molecular weight excluding hydrogens is 423 g/mol. The molecule has 6 nitrogen and oxygen atoms in total. The summed E-state index contributed by atoms with van der Waals surface area (Å²) in [5.41, 5.74) is 3.31. The highest BCUT2D eigenvalue weighted by molar-refractivity contribution is 5.78. The van der Waals surface area contributed by atoms with E-state index in [9.17, 15) is 14.0 Å². The van der Waals surface area contributed by atoms with Gasteiger partial charge in [-0.1, -0.05) is 29.8 Å². The number of likely N-dealkylation sites (tertiary alicyclic amines) is 1. The smallest absolute Gasteiger partial charge is 0.329 e. The number of halogens is 1. The Bertz CT molecular complexity index is 1010. The van der Waals surface area contributed by atoms with Crippen LogP contribution in [0.25, 0.3) is 0 Å². The molecule has 33 heavy (non-hydrogen) atoms. The lowest BCUT2D eigenvalue weighted by Crippen LogP contribution is -2.52. The molecule has 2 aliphatic heterocycles. The van der Waals surface area contributed by atoms with Gasteiger partial charge in [0.25, 0.3) is 0 Å². The van der Waals surface area contributed by atoms with Gasteiger partial charge < -0.3 is 19.6 Å². The van der Waals surface area contributed by atoms with Gasteiger partial charge in [0.05, 0.1) is 0 Å². The van der Waals surface area contributed by atoms with E-state index in [2.05, 4.69) is 43.0 Å². The van der Waals surface area contributed by atoms with E-state index >= 15 is 0 Å². The Morgan fingerprint density at radius 2 is 1.94 bits per heavy atom. The molecule has 2 heterocycles. The molecule has 4 rings (SSSR count). The summed E-state index contributed by atoms with van der Waals surface area (Å²) in [6, 6.07) is 15.5. The minimum absolute atomic E-state index is 0.171. The van der Waals surface area contributed by atoms with Gasteiger partial charge in [0.1, 0.15) is 19.0 Å². The van der Waals surface area contributed by atoms with E-state index < -0.39 is 12.6 Å². The zero-order valence-electron chi connectivity index (χ0n) is 19.2. The van der Waals surface area contributed by atoms with Gasteiger partial charge in [-0.25, -0.2) is 9.18 Å². The maximum Gasteiger partial charge on any atom is 0.329 e. The molecule has 7 heteroatoms. The number of carboxylic acids is 1. The van der Waals surface area contributed by atoms with E-state index in [0.717, 1.165) is 24.9 Å². The van der Waals surface area contributed by atoms with Crippen LogP contribution in [0.2, 0.25) is 0 Å². The number of carbonyl (C=O) groups excluding carboxylic acids is 1. The molecule has 0 spiro atoms. The summed E-state index contributed by atoms with van der Waals surface area (Å²) in [6.07, 6.45) is 2.56. The molecule has 3 atom stereocenters. The number of benzene rings is 2. The number of anilines is 1. The Balaban J connectivity index is 1.56. The third-order valence-corrected chi connectivity index (χ3v) is 6.89. The quantitative estimate of drug-likeness (QED) is 0.692. The molecule has 2 saturated heterocycles. The first-order valence-corrected chi connectivity index (χ1v) is 11.4. The summed E-state index contributed by atoms with van der Waals surface area (Å²) in [6.45, 7) is 4.87. The van der Waals surface area contributed by atoms with Crippen LogP contribution in [-0.2, 0) is 20.7 Å². The van der Waals surface area contributed by atoms with Crippen LogP contribution in [0.4, 0.5) is 10.1 Å². The maximum absolute atomic E-state index is 13.7. The van der Waals surface area contributed by atoms with Crippen LogP contribution < -0.4 is 4.90 Å². The van der Waals surface area contributed by atoms with Crippen molar-refractivity contribution < 1.29 is 23.8 Å². The van der Waals surface area contributed by atoms with Crippen LogP contribution >= 0.6 is 0 Å². The van der Waals surface area contributed by atoms with E-state index in [0.29, 0.717) is 13.1 Å². The van der Waals surface area contributed by atoms with Crippen LogP contribution in [0.3, 0.4) is 0 Å². The van der Waals surface area contributed by atoms with Gasteiger partial charge in [-0.15, -0.1) is 0 Å². The Labute approximate surface area is 194 Å². The van der Waals surface area contributed by atoms with E-state index in [1.54, 1.807) is 4.90 Å². The standard InChI is InChI=1S/C26H31FN2O4/c1-18-4-3-5-19(12-18)13-26(2)14-20-15-28(24(30)16-33-17-25(31)32)11-10-23(20)29(26)22-8-6-21(27)7-9-22/h3-9,12,20,23H,10-11,13-17H2,1-2H3,(H,31,32)/t20-,23+,26-/m1/s1. The van der Waals surface area contributed by atoms with Gasteiger partial charge in [-0.05, 0) is 68.9 Å². The molecule has 2 fully saturated rings. The first kappa shape index (κ1) is 23.2. The van der Waals surface area contributed by atoms with Gasteiger partial charge in [-0.3, -0.25) is 4.79 Å². The summed E-state index contributed by atoms with van der Waals surface area (Å²) < 4.78 is 18.7. The normalized spacial score (nSPS) is 24.6. The van der Waals surface area contributed by atoms with Crippen LogP contribution in [0.5, 0.6) is 0 Å². The fraction of sp³-hybridized carbons (Fsp3) is 0.462.